The fourth-order valence-electron chi connectivity index (χ4n) is 2.80. The summed E-state index contributed by atoms with van der Waals surface area (Å²) in [6.45, 7) is 2.45. The fourth-order valence-corrected chi connectivity index (χ4v) is 2.92. The first kappa shape index (κ1) is 24.9. The van der Waals surface area contributed by atoms with Crippen molar-refractivity contribution in [3.63, 3.8) is 0 Å². The molecule has 1 aromatic heterocycles. The average molecular weight is 560 g/mol. The molecule has 0 aliphatic carbocycles. The number of ether oxygens (including phenoxy) is 1. The molecule has 0 saturated carbocycles. The molecule has 0 aliphatic heterocycles. The first-order valence-electron chi connectivity index (χ1n) is 9.39. The number of hydrogen-bond donors (Lipinski definition) is 2. The highest BCUT2D eigenvalue weighted by atomic mass is 127. The maximum absolute atomic E-state index is 13.9. The van der Waals surface area contributed by atoms with Crippen LogP contribution in [0.5, 0.6) is 5.75 Å². The molecule has 0 aliphatic rings. The van der Waals surface area contributed by atoms with Crippen molar-refractivity contribution in [3.05, 3.63) is 64.8 Å². The van der Waals surface area contributed by atoms with E-state index in [0.717, 1.165) is 11.1 Å². The van der Waals surface area contributed by atoms with Gasteiger partial charge in [-0.2, -0.15) is 4.98 Å². The molecule has 10 heteroatoms. The first-order valence-corrected chi connectivity index (χ1v) is 9.77. The number of halogens is 3. The van der Waals surface area contributed by atoms with Gasteiger partial charge in [-0.1, -0.05) is 22.8 Å². The average Bonchev–Trinajstić information content (AvgIpc) is 3.22. The normalized spacial score (nSPS) is 12.1. The lowest BCUT2D eigenvalue weighted by Crippen LogP contribution is -2.39. The van der Waals surface area contributed by atoms with Crippen LogP contribution in [0.4, 0.5) is 4.39 Å². The van der Waals surface area contributed by atoms with Crippen molar-refractivity contribution in [2.75, 3.05) is 20.7 Å². The summed E-state index contributed by atoms with van der Waals surface area (Å²) < 4.78 is 24.2. The van der Waals surface area contributed by atoms with Crippen LogP contribution in [0.15, 0.2) is 52.0 Å². The van der Waals surface area contributed by atoms with E-state index < -0.39 is 5.82 Å². The Hall–Kier alpha value is -2.40. The summed E-state index contributed by atoms with van der Waals surface area (Å²) in [7, 11) is 3.11. The van der Waals surface area contributed by atoms with E-state index in [2.05, 4.69) is 25.8 Å². The van der Waals surface area contributed by atoms with Gasteiger partial charge in [0, 0.05) is 30.6 Å². The highest BCUT2D eigenvalue weighted by Gasteiger charge is 2.12. The summed E-state index contributed by atoms with van der Waals surface area (Å²) >= 11 is 5.90. The van der Waals surface area contributed by atoms with Gasteiger partial charge in [-0.25, -0.2) is 4.39 Å². The molecule has 3 rings (SSSR count). The summed E-state index contributed by atoms with van der Waals surface area (Å²) in [5.41, 5.74) is 1.61. The minimum atomic E-state index is -0.403. The largest absolute Gasteiger partial charge is 0.494 e. The van der Waals surface area contributed by atoms with Crippen molar-refractivity contribution in [1.29, 1.82) is 0 Å². The number of aliphatic imine (C=N–C) groups is 1. The summed E-state index contributed by atoms with van der Waals surface area (Å²) in [4.78, 5) is 8.59. The maximum Gasteiger partial charge on any atom is 0.228 e. The number of hydrogen-bond acceptors (Lipinski definition) is 5. The zero-order valence-electron chi connectivity index (χ0n) is 17.4. The number of methoxy groups -OCH3 is 1. The van der Waals surface area contributed by atoms with Crippen molar-refractivity contribution in [1.82, 2.24) is 20.8 Å². The fraction of sp³-hybridized carbons (Fsp3) is 0.286. The van der Waals surface area contributed by atoms with Crippen molar-refractivity contribution in [3.8, 4) is 17.1 Å². The van der Waals surface area contributed by atoms with E-state index in [0.29, 0.717) is 35.7 Å². The van der Waals surface area contributed by atoms with Crippen molar-refractivity contribution in [2.24, 2.45) is 4.99 Å². The Kier molecular flexibility index (Phi) is 9.50. The van der Waals surface area contributed by atoms with Crippen LogP contribution >= 0.6 is 35.6 Å². The van der Waals surface area contributed by atoms with Gasteiger partial charge >= 0.3 is 0 Å². The number of benzene rings is 2. The van der Waals surface area contributed by atoms with Gasteiger partial charge in [0.05, 0.1) is 13.2 Å². The van der Waals surface area contributed by atoms with Gasteiger partial charge in [0.25, 0.3) is 0 Å². The molecular formula is C21H24ClFIN5O2. The molecule has 1 atom stereocenters. The molecule has 0 bridgehead atoms. The van der Waals surface area contributed by atoms with Gasteiger partial charge in [-0.3, -0.25) is 4.99 Å². The van der Waals surface area contributed by atoms with Crippen molar-refractivity contribution < 1.29 is 13.7 Å². The highest BCUT2D eigenvalue weighted by Crippen LogP contribution is 2.22. The van der Waals surface area contributed by atoms with E-state index in [-0.39, 0.29) is 35.8 Å². The zero-order valence-corrected chi connectivity index (χ0v) is 20.4. The smallest absolute Gasteiger partial charge is 0.228 e. The molecular weight excluding hydrogens is 536 g/mol. The second kappa shape index (κ2) is 11.8. The third kappa shape index (κ3) is 6.79. The van der Waals surface area contributed by atoms with E-state index in [1.165, 1.54) is 13.2 Å². The summed E-state index contributed by atoms with van der Waals surface area (Å²) in [5, 5.41) is 11.1. The van der Waals surface area contributed by atoms with Crippen molar-refractivity contribution in [2.45, 2.75) is 19.4 Å². The monoisotopic (exact) mass is 559 g/mol. The Morgan fingerprint density at radius 1 is 1.26 bits per heavy atom. The number of nitrogens with one attached hydrogen (secondary N) is 2. The van der Waals surface area contributed by atoms with Crippen LogP contribution in [0.3, 0.4) is 0 Å². The van der Waals surface area contributed by atoms with Crippen LogP contribution in [0.2, 0.25) is 5.02 Å². The second-order valence-corrected chi connectivity index (χ2v) is 6.96. The van der Waals surface area contributed by atoms with E-state index >= 15 is 0 Å². The van der Waals surface area contributed by atoms with Crippen LogP contribution in [0.1, 0.15) is 24.4 Å². The quantitative estimate of drug-likeness (QED) is 0.250. The second-order valence-electron chi connectivity index (χ2n) is 6.53. The topological polar surface area (TPSA) is 84.6 Å². The molecule has 0 fully saturated rings. The SMILES string of the molecule is CN=C(NCCc1nc(-c2ccc(Cl)cc2)no1)NC(C)c1ccc(OC)c(F)c1.I. The lowest BCUT2D eigenvalue weighted by molar-refractivity contribution is 0.378. The Labute approximate surface area is 202 Å². The molecule has 0 spiro atoms. The molecule has 2 N–H and O–H groups in total. The van der Waals surface area contributed by atoms with Gasteiger partial charge in [-0.05, 0) is 48.9 Å². The van der Waals surface area contributed by atoms with Crippen LogP contribution < -0.4 is 15.4 Å². The summed E-state index contributed by atoms with van der Waals surface area (Å²) in [6.07, 6.45) is 0.521. The van der Waals surface area contributed by atoms with E-state index in [9.17, 15) is 4.39 Å². The summed E-state index contributed by atoms with van der Waals surface area (Å²) in [6, 6.07) is 11.9. The minimum Gasteiger partial charge on any atom is -0.494 e. The molecule has 2 aromatic carbocycles. The van der Waals surface area contributed by atoms with Crippen LogP contribution in [0, 0.1) is 5.82 Å². The minimum absolute atomic E-state index is 0. The Morgan fingerprint density at radius 3 is 2.65 bits per heavy atom. The van der Waals surface area contributed by atoms with Gasteiger partial charge in [0.2, 0.25) is 11.7 Å². The van der Waals surface area contributed by atoms with Gasteiger partial charge < -0.3 is 19.9 Å². The zero-order chi connectivity index (χ0) is 21.5. The third-order valence-corrected chi connectivity index (χ3v) is 4.71. The predicted octanol–water partition coefficient (Wildman–Crippen LogP) is 4.62. The number of rotatable bonds is 7. The van der Waals surface area contributed by atoms with Gasteiger partial charge in [-0.15, -0.1) is 24.0 Å². The van der Waals surface area contributed by atoms with Crippen LogP contribution in [-0.4, -0.2) is 36.8 Å². The maximum atomic E-state index is 13.9. The summed E-state index contributed by atoms with van der Waals surface area (Å²) in [5.74, 6) is 1.41. The molecule has 0 saturated heterocycles. The van der Waals surface area contributed by atoms with E-state index in [4.69, 9.17) is 20.9 Å². The molecule has 0 radical (unpaired) electrons. The first-order chi connectivity index (χ1) is 14.5. The Bertz CT molecular complexity index is 1010. The standard InChI is InChI=1S/C21H23ClFN5O2.HI/c1-13(15-6-9-18(29-3)17(23)12-15)26-21(24-2)25-11-10-19-27-20(28-30-19)14-4-7-16(22)8-5-14;/h4-9,12-13H,10-11H2,1-3H3,(H2,24,25,26);1H. The number of aromatic nitrogens is 2. The lowest BCUT2D eigenvalue weighted by Gasteiger charge is -2.18. The number of nitrogens with zero attached hydrogens (tertiary/aromatic N) is 3. The molecule has 0 amide bonds. The molecule has 1 heterocycles. The molecule has 31 heavy (non-hydrogen) atoms. The number of guanidine groups is 1. The Balaban J connectivity index is 0.00000341. The third-order valence-electron chi connectivity index (χ3n) is 4.45. The van der Waals surface area contributed by atoms with E-state index in [1.807, 2.05) is 25.1 Å². The molecule has 7 nitrogen and oxygen atoms in total. The molecule has 166 valence electrons. The predicted molar refractivity (Wildman–Crippen MR) is 130 cm³/mol. The van der Waals surface area contributed by atoms with Crippen LogP contribution in [0.25, 0.3) is 11.4 Å². The highest BCUT2D eigenvalue weighted by molar-refractivity contribution is 14.0. The van der Waals surface area contributed by atoms with Gasteiger partial charge in [0.1, 0.15) is 0 Å². The molecule has 3 aromatic rings. The lowest BCUT2D eigenvalue weighted by atomic mass is 10.1. The van der Waals surface area contributed by atoms with Gasteiger partial charge in [0.15, 0.2) is 17.5 Å². The van der Waals surface area contributed by atoms with E-state index in [1.54, 1.807) is 25.2 Å². The van der Waals surface area contributed by atoms with Crippen LogP contribution in [-0.2, 0) is 6.42 Å². The van der Waals surface area contributed by atoms with Crippen molar-refractivity contribution >= 4 is 41.5 Å². The Morgan fingerprint density at radius 2 is 2.00 bits per heavy atom. The molecule has 1 unspecified atom stereocenters.